The molecule has 1 aliphatic rings. The van der Waals surface area contributed by atoms with Gasteiger partial charge in [-0.1, -0.05) is 65.3 Å². The highest BCUT2D eigenvalue weighted by Crippen LogP contribution is 2.36. The van der Waals surface area contributed by atoms with Crippen molar-refractivity contribution in [3.8, 4) is 0 Å². The van der Waals surface area contributed by atoms with Crippen LogP contribution in [0.2, 0.25) is 0 Å². The minimum absolute atomic E-state index is 0.511. The molecule has 2 unspecified atom stereocenters. The second-order valence-electron chi connectivity index (χ2n) is 5.80. The summed E-state index contributed by atoms with van der Waals surface area (Å²) in [6.45, 7) is 3.22. The third-order valence-electron chi connectivity index (χ3n) is 4.53. The lowest BCUT2D eigenvalue weighted by molar-refractivity contribution is 0.434. The van der Waals surface area contributed by atoms with Crippen molar-refractivity contribution >= 4 is 15.9 Å². The van der Waals surface area contributed by atoms with Gasteiger partial charge < -0.3 is 5.32 Å². The molecule has 2 heteroatoms. The van der Waals surface area contributed by atoms with Gasteiger partial charge in [-0.2, -0.15) is 0 Å². The molecule has 0 aromatic heterocycles. The number of benzene rings is 2. The molecule has 0 saturated heterocycles. The van der Waals surface area contributed by atoms with E-state index in [4.69, 9.17) is 0 Å². The summed E-state index contributed by atoms with van der Waals surface area (Å²) in [6, 6.07) is 18.0. The summed E-state index contributed by atoms with van der Waals surface area (Å²) in [5.41, 5.74) is 4.49. The fourth-order valence-electron chi connectivity index (χ4n) is 3.53. The van der Waals surface area contributed by atoms with Gasteiger partial charge in [-0.3, -0.25) is 0 Å². The monoisotopic (exact) mass is 343 g/mol. The Morgan fingerprint density at radius 1 is 1.14 bits per heavy atom. The van der Waals surface area contributed by atoms with Crippen molar-refractivity contribution in [1.82, 2.24) is 5.32 Å². The first-order valence-corrected chi connectivity index (χ1v) is 8.63. The van der Waals surface area contributed by atoms with E-state index in [1.165, 1.54) is 28.4 Å². The number of fused-ring (bicyclic) bond motifs is 1. The van der Waals surface area contributed by atoms with Gasteiger partial charge in [0.15, 0.2) is 0 Å². The van der Waals surface area contributed by atoms with Crippen molar-refractivity contribution in [2.24, 2.45) is 0 Å². The van der Waals surface area contributed by atoms with Crippen molar-refractivity contribution in [2.45, 2.75) is 38.1 Å². The number of hydrogen-bond donors (Lipinski definition) is 1. The molecule has 2 aromatic carbocycles. The first-order chi connectivity index (χ1) is 10.3. The zero-order valence-corrected chi connectivity index (χ0v) is 14.1. The van der Waals surface area contributed by atoms with Crippen molar-refractivity contribution in [3.05, 3.63) is 69.7 Å². The molecule has 0 saturated carbocycles. The van der Waals surface area contributed by atoms with Crippen LogP contribution in [0, 0.1) is 0 Å². The summed E-state index contributed by atoms with van der Waals surface area (Å²) in [4.78, 5) is 0. The molecule has 0 aliphatic heterocycles. The zero-order chi connectivity index (χ0) is 14.7. The highest BCUT2D eigenvalue weighted by atomic mass is 79.9. The molecule has 0 radical (unpaired) electrons. The fourth-order valence-corrected chi connectivity index (χ4v) is 3.97. The van der Waals surface area contributed by atoms with E-state index in [0.29, 0.717) is 12.0 Å². The molecule has 0 bridgehead atoms. The maximum absolute atomic E-state index is 3.72. The Morgan fingerprint density at radius 3 is 2.71 bits per heavy atom. The molecule has 1 aliphatic carbocycles. The quantitative estimate of drug-likeness (QED) is 0.829. The Balaban J connectivity index is 1.84. The number of likely N-dealkylation sites (N-methyl/N-ethyl adjacent to an activating group) is 1. The normalized spacial score (nSPS) is 18.5. The van der Waals surface area contributed by atoms with Crippen molar-refractivity contribution in [3.63, 3.8) is 0 Å². The van der Waals surface area contributed by atoms with E-state index in [1.54, 1.807) is 5.56 Å². The van der Waals surface area contributed by atoms with E-state index in [0.717, 1.165) is 13.0 Å². The molecule has 3 rings (SSSR count). The molecule has 0 spiro atoms. The van der Waals surface area contributed by atoms with E-state index in [2.05, 4.69) is 76.7 Å². The first-order valence-electron chi connectivity index (χ1n) is 7.84. The van der Waals surface area contributed by atoms with Crippen LogP contribution in [0.1, 0.15) is 36.0 Å². The van der Waals surface area contributed by atoms with E-state index in [1.807, 2.05) is 0 Å². The fraction of sp³-hybridized carbons (Fsp3) is 0.368. The maximum atomic E-state index is 3.72. The third-order valence-corrected chi connectivity index (χ3v) is 5.30. The van der Waals surface area contributed by atoms with Crippen LogP contribution < -0.4 is 5.32 Å². The Kier molecular flexibility index (Phi) is 4.77. The van der Waals surface area contributed by atoms with Crippen molar-refractivity contribution in [1.29, 1.82) is 0 Å². The molecule has 1 nitrogen and oxygen atoms in total. The van der Waals surface area contributed by atoms with Gasteiger partial charge in [0.05, 0.1) is 0 Å². The van der Waals surface area contributed by atoms with Gasteiger partial charge in [0.25, 0.3) is 0 Å². The van der Waals surface area contributed by atoms with Gasteiger partial charge in [0, 0.05) is 16.4 Å². The number of aryl methyl sites for hydroxylation is 1. The summed E-state index contributed by atoms with van der Waals surface area (Å²) in [5, 5.41) is 3.72. The van der Waals surface area contributed by atoms with E-state index < -0.39 is 0 Å². The maximum Gasteiger partial charge on any atom is 0.0207 e. The van der Waals surface area contributed by atoms with Crippen LogP contribution in [0.3, 0.4) is 0 Å². The minimum Gasteiger partial charge on any atom is -0.313 e. The van der Waals surface area contributed by atoms with E-state index in [9.17, 15) is 0 Å². The number of halogens is 1. The molecule has 0 heterocycles. The zero-order valence-electron chi connectivity index (χ0n) is 12.5. The minimum atomic E-state index is 0.511. The lowest BCUT2D eigenvalue weighted by Crippen LogP contribution is -2.36. The Hall–Kier alpha value is -1.12. The molecule has 1 N–H and O–H groups in total. The van der Waals surface area contributed by atoms with Gasteiger partial charge in [0.2, 0.25) is 0 Å². The van der Waals surface area contributed by atoms with Gasteiger partial charge in [0.1, 0.15) is 0 Å². The molecular formula is C19H22BrN. The smallest absolute Gasteiger partial charge is 0.0207 e. The second-order valence-corrected chi connectivity index (χ2v) is 6.66. The SMILES string of the molecule is CCNC(Cc1ccccc1Br)C1CCc2ccccc21. The van der Waals surface area contributed by atoms with Crippen LogP contribution >= 0.6 is 15.9 Å². The summed E-state index contributed by atoms with van der Waals surface area (Å²) < 4.78 is 1.22. The Bertz CT molecular complexity index is 608. The van der Waals surface area contributed by atoms with Crippen molar-refractivity contribution in [2.75, 3.05) is 6.54 Å². The average molecular weight is 344 g/mol. The van der Waals surface area contributed by atoms with Crippen LogP contribution in [-0.4, -0.2) is 12.6 Å². The summed E-state index contributed by atoms with van der Waals surface area (Å²) in [7, 11) is 0. The largest absolute Gasteiger partial charge is 0.313 e. The Labute approximate surface area is 135 Å². The first kappa shape index (κ1) is 14.8. The van der Waals surface area contributed by atoms with Gasteiger partial charge in [-0.15, -0.1) is 0 Å². The summed E-state index contributed by atoms with van der Waals surface area (Å²) in [5.74, 6) is 0.633. The topological polar surface area (TPSA) is 12.0 Å². The Morgan fingerprint density at radius 2 is 1.90 bits per heavy atom. The number of rotatable bonds is 5. The van der Waals surface area contributed by atoms with Crippen LogP contribution in [0.5, 0.6) is 0 Å². The highest BCUT2D eigenvalue weighted by molar-refractivity contribution is 9.10. The molecule has 21 heavy (non-hydrogen) atoms. The van der Waals surface area contributed by atoms with Crippen LogP contribution in [0.4, 0.5) is 0 Å². The standard InChI is InChI=1S/C19H22BrN/c1-2-21-19(13-15-8-4-6-10-18(15)20)17-12-11-14-7-3-5-9-16(14)17/h3-10,17,19,21H,2,11-13H2,1H3. The molecular weight excluding hydrogens is 322 g/mol. The number of nitrogens with one attached hydrogen (secondary N) is 1. The van der Waals surface area contributed by atoms with Gasteiger partial charge in [-0.05, 0) is 48.6 Å². The van der Waals surface area contributed by atoms with E-state index in [-0.39, 0.29) is 0 Å². The molecule has 0 amide bonds. The van der Waals surface area contributed by atoms with Crippen LogP contribution in [0.25, 0.3) is 0 Å². The summed E-state index contributed by atoms with van der Waals surface area (Å²) in [6.07, 6.45) is 3.56. The molecule has 0 fully saturated rings. The number of hydrogen-bond acceptors (Lipinski definition) is 1. The van der Waals surface area contributed by atoms with Gasteiger partial charge in [-0.25, -0.2) is 0 Å². The highest BCUT2D eigenvalue weighted by Gasteiger charge is 2.29. The van der Waals surface area contributed by atoms with Gasteiger partial charge >= 0.3 is 0 Å². The van der Waals surface area contributed by atoms with Crippen molar-refractivity contribution < 1.29 is 0 Å². The van der Waals surface area contributed by atoms with E-state index >= 15 is 0 Å². The molecule has 2 atom stereocenters. The lowest BCUT2D eigenvalue weighted by Gasteiger charge is -2.26. The predicted molar refractivity (Wildman–Crippen MR) is 92.8 cm³/mol. The van der Waals surface area contributed by atoms with Crippen LogP contribution in [0.15, 0.2) is 53.0 Å². The second kappa shape index (κ2) is 6.76. The summed E-state index contributed by atoms with van der Waals surface area (Å²) >= 11 is 3.69. The third kappa shape index (κ3) is 3.22. The average Bonchev–Trinajstić information content (AvgIpc) is 2.93. The predicted octanol–water partition coefficient (Wildman–Crippen LogP) is 4.70. The molecule has 2 aromatic rings. The lowest BCUT2D eigenvalue weighted by atomic mass is 9.88. The molecule has 110 valence electrons. The van der Waals surface area contributed by atoms with Crippen LogP contribution in [-0.2, 0) is 12.8 Å².